The molecule has 21 heavy (non-hydrogen) atoms. The number of hydrogen-bond donors (Lipinski definition) is 1. The van der Waals surface area contributed by atoms with E-state index in [1.165, 1.54) is 18.2 Å². The van der Waals surface area contributed by atoms with Crippen LogP contribution in [0.3, 0.4) is 0 Å². The molecule has 108 valence electrons. The van der Waals surface area contributed by atoms with Crippen molar-refractivity contribution in [2.75, 3.05) is 5.32 Å². The van der Waals surface area contributed by atoms with Gasteiger partial charge in [0.15, 0.2) is 0 Å². The van der Waals surface area contributed by atoms with Gasteiger partial charge >= 0.3 is 0 Å². The Bertz CT molecular complexity index is 729. The Morgan fingerprint density at radius 2 is 1.86 bits per heavy atom. The molecule has 1 amide bonds. The maximum absolute atomic E-state index is 12.2. The van der Waals surface area contributed by atoms with Crippen molar-refractivity contribution in [3.05, 3.63) is 67.7 Å². The van der Waals surface area contributed by atoms with Gasteiger partial charge in [-0.3, -0.25) is 14.9 Å². The smallest absolute Gasteiger partial charge is 0.270 e. The van der Waals surface area contributed by atoms with E-state index in [2.05, 4.69) is 21.2 Å². The number of rotatable bonds is 3. The molecule has 6 heteroatoms. The van der Waals surface area contributed by atoms with Crippen LogP contribution in [0.4, 0.5) is 11.4 Å². The fourth-order valence-corrected chi connectivity index (χ4v) is 2.26. The number of benzene rings is 2. The van der Waals surface area contributed by atoms with Gasteiger partial charge in [0.25, 0.3) is 11.6 Å². The first kappa shape index (κ1) is 15.2. The first-order valence-electron chi connectivity index (χ1n) is 6.21. The Morgan fingerprint density at radius 1 is 1.14 bits per heavy atom. The van der Waals surface area contributed by atoms with Crippen molar-refractivity contribution in [1.29, 1.82) is 0 Å². The molecule has 0 radical (unpaired) electrons. The molecule has 0 atom stereocenters. The standard InChI is InChI=1S/C15H13BrN2O3/c1-9-3-4-11(7-10(9)2)15(19)17-14-6-5-12(18(20)21)8-13(14)16/h3-8H,1-2H3,(H,17,19). The number of carbonyl (C=O) groups excluding carboxylic acids is 1. The van der Waals surface area contributed by atoms with E-state index in [4.69, 9.17) is 0 Å². The van der Waals surface area contributed by atoms with E-state index in [9.17, 15) is 14.9 Å². The van der Waals surface area contributed by atoms with Crippen LogP contribution in [-0.4, -0.2) is 10.8 Å². The summed E-state index contributed by atoms with van der Waals surface area (Å²) in [5.41, 5.74) is 3.15. The van der Waals surface area contributed by atoms with Gasteiger partial charge in [-0.05, 0) is 59.1 Å². The Kier molecular flexibility index (Phi) is 4.37. The number of nitro benzene ring substituents is 1. The molecular formula is C15H13BrN2O3. The summed E-state index contributed by atoms with van der Waals surface area (Å²) in [6.07, 6.45) is 0. The fourth-order valence-electron chi connectivity index (χ4n) is 1.80. The summed E-state index contributed by atoms with van der Waals surface area (Å²) in [4.78, 5) is 22.4. The van der Waals surface area contributed by atoms with Crippen molar-refractivity contribution in [2.45, 2.75) is 13.8 Å². The van der Waals surface area contributed by atoms with E-state index in [1.807, 2.05) is 26.0 Å². The number of carbonyl (C=O) groups is 1. The van der Waals surface area contributed by atoms with Crippen molar-refractivity contribution in [3.63, 3.8) is 0 Å². The quantitative estimate of drug-likeness (QED) is 0.666. The van der Waals surface area contributed by atoms with Crippen LogP contribution in [0.25, 0.3) is 0 Å². The van der Waals surface area contributed by atoms with Crippen LogP contribution in [0.2, 0.25) is 0 Å². The minimum atomic E-state index is -0.486. The lowest BCUT2D eigenvalue weighted by molar-refractivity contribution is -0.384. The van der Waals surface area contributed by atoms with Gasteiger partial charge in [-0.25, -0.2) is 0 Å². The average molecular weight is 349 g/mol. The molecule has 0 heterocycles. The lowest BCUT2D eigenvalue weighted by atomic mass is 10.1. The molecule has 0 saturated heterocycles. The van der Waals surface area contributed by atoms with Crippen molar-refractivity contribution in [1.82, 2.24) is 0 Å². The van der Waals surface area contributed by atoms with Crippen LogP contribution in [0.5, 0.6) is 0 Å². The van der Waals surface area contributed by atoms with Gasteiger partial charge in [-0.1, -0.05) is 6.07 Å². The van der Waals surface area contributed by atoms with Gasteiger partial charge in [-0.2, -0.15) is 0 Å². The summed E-state index contributed by atoms with van der Waals surface area (Å²) in [5.74, 6) is -0.257. The predicted molar refractivity (Wildman–Crippen MR) is 84.7 cm³/mol. The number of nitrogens with one attached hydrogen (secondary N) is 1. The van der Waals surface area contributed by atoms with Crippen LogP contribution in [0, 0.1) is 24.0 Å². The van der Waals surface area contributed by atoms with Crippen molar-refractivity contribution in [2.24, 2.45) is 0 Å². The SMILES string of the molecule is Cc1ccc(C(=O)Nc2ccc([N+](=O)[O-])cc2Br)cc1C. The molecule has 0 fully saturated rings. The molecule has 0 unspecified atom stereocenters. The zero-order valence-electron chi connectivity index (χ0n) is 11.5. The molecule has 0 spiro atoms. The Labute approximate surface area is 130 Å². The first-order chi connectivity index (χ1) is 9.88. The minimum Gasteiger partial charge on any atom is -0.321 e. The maximum atomic E-state index is 12.2. The Morgan fingerprint density at radius 3 is 2.43 bits per heavy atom. The van der Waals surface area contributed by atoms with Gasteiger partial charge in [0.1, 0.15) is 0 Å². The summed E-state index contributed by atoms with van der Waals surface area (Å²) >= 11 is 3.22. The monoisotopic (exact) mass is 348 g/mol. The van der Waals surface area contributed by atoms with Gasteiger partial charge in [0.2, 0.25) is 0 Å². The molecule has 0 bridgehead atoms. The largest absolute Gasteiger partial charge is 0.321 e. The molecule has 0 aliphatic carbocycles. The highest BCUT2D eigenvalue weighted by atomic mass is 79.9. The lowest BCUT2D eigenvalue weighted by Gasteiger charge is -2.08. The molecule has 5 nitrogen and oxygen atoms in total. The first-order valence-corrected chi connectivity index (χ1v) is 7.00. The Hall–Kier alpha value is -2.21. The van der Waals surface area contributed by atoms with Crippen molar-refractivity contribution < 1.29 is 9.72 Å². The van der Waals surface area contributed by atoms with Gasteiger partial charge in [0.05, 0.1) is 10.6 Å². The fraction of sp³-hybridized carbons (Fsp3) is 0.133. The van der Waals surface area contributed by atoms with Crippen LogP contribution in [0.15, 0.2) is 40.9 Å². The average Bonchev–Trinajstić information content (AvgIpc) is 2.43. The van der Waals surface area contributed by atoms with Crippen molar-refractivity contribution >= 4 is 33.2 Å². The number of aryl methyl sites for hydroxylation is 2. The topological polar surface area (TPSA) is 72.2 Å². The van der Waals surface area contributed by atoms with E-state index in [0.29, 0.717) is 15.7 Å². The van der Waals surface area contributed by atoms with E-state index >= 15 is 0 Å². The van der Waals surface area contributed by atoms with Gasteiger partial charge < -0.3 is 5.32 Å². The second kappa shape index (κ2) is 6.05. The van der Waals surface area contributed by atoms with E-state index in [0.717, 1.165) is 11.1 Å². The minimum absolute atomic E-state index is 0.0361. The Balaban J connectivity index is 2.23. The zero-order valence-corrected chi connectivity index (χ0v) is 13.1. The molecule has 0 aromatic heterocycles. The lowest BCUT2D eigenvalue weighted by Crippen LogP contribution is -2.12. The third kappa shape index (κ3) is 3.46. The second-order valence-corrected chi connectivity index (χ2v) is 5.53. The normalized spacial score (nSPS) is 10.2. The third-order valence-corrected chi connectivity index (χ3v) is 3.84. The summed E-state index contributed by atoms with van der Waals surface area (Å²) in [7, 11) is 0. The van der Waals surface area contributed by atoms with Crippen LogP contribution < -0.4 is 5.32 Å². The van der Waals surface area contributed by atoms with Crippen LogP contribution in [0.1, 0.15) is 21.5 Å². The van der Waals surface area contributed by atoms with Gasteiger partial charge in [0, 0.05) is 22.2 Å². The van der Waals surface area contributed by atoms with E-state index < -0.39 is 4.92 Å². The molecule has 2 aromatic rings. The highest BCUT2D eigenvalue weighted by Crippen LogP contribution is 2.27. The van der Waals surface area contributed by atoms with Crippen LogP contribution >= 0.6 is 15.9 Å². The molecule has 0 saturated carbocycles. The zero-order chi connectivity index (χ0) is 15.6. The number of amides is 1. The summed E-state index contributed by atoms with van der Waals surface area (Å²) < 4.78 is 0.467. The highest BCUT2D eigenvalue weighted by Gasteiger charge is 2.12. The molecule has 2 rings (SSSR count). The molecule has 1 N–H and O–H groups in total. The third-order valence-electron chi connectivity index (χ3n) is 3.18. The molecular weight excluding hydrogens is 336 g/mol. The number of non-ortho nitro benzene ring substituents is 1. The molecule has 2 aromatic carbocycles. The summed E-state index contributed by atoms with van der Waals surface area (Å²) in [6, 6.07) is 9.65. The summed E-state index contributed by atoms with van der Waals surface area (Å²) in [6.45, 7) is 3.91. The van der Waals surface area contributed by atoms with Crippen LogP contribution in [-0.2, 0) is 0 Å². The number of nitro groups is 1. The summed E-state index contributed by atoms with van der Waals surface area (Å²) in [5, 5.41) is 13.4. The predicted octanol–water partition coefficient (Wildman–Crippen LogP) is 4.23. The van der Waals surface area contributed by atoms with Crippen molar-refractivity contribution in [3.8, 4) is 0 Å². The number of hydrogen-bond acceptors (Lipinski definition) is 3. The van der Waals surface area contributed by atoms with Gasteiger partial charge in [-0.15, -0.1) is 0 Å². The number of anilines is 1. The number of halogens is 1. The maximum Gasteiger partial charge on any atom is 0.270 e. The molecule has 0 aliphatic rings. The van der Waals surface area contributed by atoms with E-state index in [1.54, 1.807) is 6.07 Å². The highest BCUT2D eigenvalue weighted by molar-refractivity contribution is 9.10. The second-order valence-electron chi connectivity index (χ2n) is 4.67. The number of nitrogens with zero attached hydrogens (tertiary/aromatic N) is 1. The molecule has 0 aliphatic heterocycles. The van der Waals surface area contributed by atoms with E-state index in [-0.39, 0.29) is 11.6 Å².